The number of amides is 1. The van der Waals surface area contributed by atoms with Crippen LogP contribution in [0.15, 0.2) is 91.5 Å². The molecule has 0 spiro atoms. The van der Waals surface area contributed by atoms with Crippen LogP contribution in [0.25, 0.3) is 10.8 Å². The molecule has 0 bridgehead atoms. The van der Waals surface area contributed by atoms with Gasteiger partial charge in [0.2, 0.25) is 31.8 Å². The van der Waals surface area contributed by atoms with Crippen LogP contribution >= 0.6 is 23.1 Å². The van der Waals surface area contributed by atoms with Gasteiger partial charge in [-0.2, -0.15) is 4.98 Å². The number of aryl methyl sites for hydroxylation is 1. The molecule has 0 unspecified atom stereocenters. The minimum Gasteiger partial charge on any atom is -0.428 e. The van der Waals surface area contributed by atoms with Gasteiger partial charge < -0.3 is 9.73 Å². The lowest BCUT2D eigenvalue weighted by atomic mass is 10.1. The summed E-state index contributed by atoms with van der Waals surface area (Å²) in [5.41, 5.74) is 1.94. The Hall–Kier alpha value is -2.88. The molecule has 2 aromatic carbocycles. The maximum absolute atomic E-state index is 13.3. The minimum atomic E-state index is -3.92. The minimum absolute atomic E-state index is 0.00728. The number of thiophene rings is 1. The zero-order valence-electron chi connectivity index (χ0n) is 18.0. The predicted molar refractivity (Wildman–Crippen MR) is 130 cm³/mol. The molecule has 6 nitrogen and oxygen atoms in total. The van der Waals surface area contributed by atoms with Crippen molar-refractivity contribution in [2.24, 2.45) is 0 Å². The quantitative estimate of drug-likeness (QED) is 0.322. The number of nitrogens with one attached hydrogen (secondary N) is 1. The van der Waals surface area contributed by atoms with Gasteiger partial charge >= 0.3 is 0 Å². The van der Waals surface area contributed by atoms with E-state index in [1.54, 1.807) is 24.3 Å². The van der Waals surface area contributed by atoms with Crippen LogP contribution in [0.1, 0.15) is 24.1 Å². The van der Waals surface area contributed by atoms with Crippen molar-refractivity contribution >= 4 is 38.8 Å². The Bertz CT molecular complexity index is 1330. The van der Waals surface area contributed by atoms with E-state index in [1.165, 1.54) is 11.3 Å². The van der Waals surface area contributed by atoms with Gasteiger partial charge in [0.25, 0.3) is 0 Å². The molecule has 0 saturated heterocycles. The molecule has 2 aromatic heterocycles. The molecule has 0 aliphatic heterocycles. The van der Waals surface area contributed by atoms with Crippen molar-refractivity contribution in [3.8, 4) is 10.8 Å². The molecule has 0 aliphatic rings. The molecule has 1 amide bonds. The first-order valence-corrected chi connectivity index (χ1v) is 13.5. The van der Waals surface area contributed by atoms with Crippen molar-refractivity contribution in [1.82, 2.24) is 10.3 Å². The van der Waals surface area contributed by atoms with E-state index in [4.69, 9.17) is 4.42 Å². The summed E-state index contributed by atoms with van der Waals surface area (Å²) in [5.74, 6) is -0.0208. The van der Waals surface area contributed by atoms with Crippen molar-refractivity contribution in [3.05, 3.63) is 83.2 Å². The number of aromatic nitrogens is 1. The molecule has 1 atom stereocenters. The summed E-state index contributed by atoms with van der Waals surface area (Å²) in [4.78, 5) is 17.7. The van der Waals surface area contributed by atoms with E-state index < -0.39 is 9.84 Å². The van der Waals surface area contributed by atoms with Gasteiger partial charge in [-0.1, -0.05) is 65.9 Å². The van der Waals surface area contributed by atoms with Gasteiger partial charge in [0, 0.05) is 0 Å². The Balaban J connectivity index is 1.58. The third kappa shape index (κ3) is 5.38. The SMILES string of the molecule is Cc1ccc(S(=O)(=O)c2nc(-c3cccs3)oc2SCC(=O)N[C@@H](C)c2ccccc2)cc1. The summed E-state index contributed by atoms with van der Waals surface area (Å²) in [5, 5.41) is 4.71. The fourth-order valence-corrected chi connectivity index (χ4v) is 6.12. The summed E-state index contributed by atoms with van der Waals surface area (Å²) in [6, 6.07) is 19.7. The first-order valence-electron chi connectivity index (χ1n) is 10.2. The molecule has 9 heteroatoms. The molecule has 0 saturated carbocycles. The van der Waals surface area contributed by atoms with Gasteiger partial charge in [-0.15, -0.1) is 11.3 Å². The molecule has 2 heterocycles. The molecular formula is C24H22N2O4S3. The maximum atomic E-state index is 13.3. The molecule has 0 radical (unpaired) electrons. The first-order chi connectivity index (χ1) is 15.8. The third-order valence-electron chi connectivity index (χ3n) is 4.90. The van der Waals surface area contributed by atoms with E-state index in [0.29, 0.717) is 4.88 Å². The summed E-state index contributed by atoms with van der Waals surface area (Å²) in [7, 11) is -3.92. The van der Waals surface area contributed by atoms with Crippen LogP contribution in [0, 0.1) is 6.92 Å². The molecule has 0 fully saturated rings. The number of sulfone groups is 1. The number of thioether (sulfide) groups is 1. The number of carbonyl (C=O) groups is 1. The molecular weight excluding hydrogens is 476 g/mol. The lowest BCUT2D eigenvalue weighted by Gasteiger charge is -2.13. The van der Waals surface area contributed by atoms with Gasteiger partial charge in [0.1, 0.15) is 0 Å². The average Bonchev–Trinajstić information content (AvgIpc) is 3.49. The highest BCUT2D eigenvalue weighted by molar-refractivity contribution is 8.00. The molecule has 33 heavy (non-hydrogen) atoms. The first kappa shape index (κ1) is 23.3. The zero-order valence-corrected chi connectivity index (χ0v) is 20.5. The standard InChI is InChI=1S/C24H22N2O4S3/c1-16-10-12-19(13-11-16)33(28,29)23-24(30-22(26-23)20-9-6-14-31-20)32-15-21(27)25-17(2)18-7-4-3-5-8-18/h3-14,17H,15H2,1-2H3,(H,25,27)/t17-/m0/s1. The van der Waals surface area contributed by atoms with E-state index in [9.17, 15) is 13.2 Å². The molecule has 1 N–H and O–H groups in total. The monoisotopic (exact) mass is 498 g/mol. The number of hydrogen-bond donors (Lipinski definition) is 1. The highest BCUT2D eigenvalue weighted by atomic mass is 32.2. The van der Waals surface area contributed by atoms with Gasteiger partial charge in [0.15, 0.2) is 0 Å². The van der Waals surface area contributed by atoms with Gasteiger partial charge in [-0.05, 0) is 43.0 Å². The van der Waals surface area contributed by atoms with Crippen LogP contribution in [0.3, 0.4) is 0 Å². The van der Waals surface area contributed by atoms with E-state index in [0.717, 1.165) is 22.9 Å². The summed E-state index contributed by atoms with van der Waals surface area (Å²) in [6.45, 7) is 3.78. The van der Waals surface area contributed by atoms with E-state index >= 15 is 0 Å². The molecule has 0 aliphatic carbocycles. The second-order valence-electron chi connectivity index (χ2n) is 7.39. The van der Waals surface area contributed by atoms with Crippen molar-refractivity contribution in [3.63, 3.8) is 0 Å². The molecule has 170 valence electrons. The number of hydrogen-bond acceptors (Lipinski definition) is 7. The average molecular weight is 499 g/mol. The van der Waals surface area contributed by atoms with Crippen LogP contribution in [0.2, 0.25) is 0 Å². The van der Waals surface area contributed by atoms with Crippen LogP contribution in [0.5, 0.6) is 0 Å². The van der Waals surface area contributed by atoms with Gasteiger partial charge in [-0.25, -0.2) is 8.42 Å². The number of carbonyl (C=O) groups excluding carboxylic acids is 1. The summed E-state index contributed by atoms with van der Waals surface area (Å²) < 4.78 is 32.5. The topological polar surface area (TPSA) is 89.3 Å². The van der Waals surface area contributed by atoms with Gasteiger partial charge in [0.05, 0.1) is 21.6 Å². The van der Waals surface area contributed by atoms with E-state index in [2.05, 4.69) is 10.3 Å². The molecule has 4 aromatic rings. The zero-order chi connectivity index (χ0) is 23.4. The fraction of sp³-hybridized carbons (Fsp3) is 0.167. The lowest BCUT2D eigenvalue weighted by molar-refractivity contribution is -0.119. The number of nitrogens with zero attached hydrogens (tertiary/aromatic N) is 1. The number of benzene rings is 2. The molecule has 4 rings (SSSR count). The van der Waals surface area contributed by atoms with E-state index in [1.807, 2.05) is 61.7 Å². The Kier molecular flexibility index (Phi) is 7.02. The Morgan fingerprint density at radius 2 is 1.82 bits per heavy atom. The summed E-state index contributed by atoms with van der Waals surface area (Å²) >= 11 is 2.42. The second kappa shape index (κ2) is 9.94. The highest BCUT2D eigenvalue weighted by Gasteiger charge is 2.29. The number of rotatable bonds is 8. The Morgan fingerprint density at radius 3 is 2.48 bits per heavy atom. The van der Waals surface area contributed by atoms with Crippen LogP contribution in [-0.4, -0.2) is 25.1 Å². The highest BCUT2D eigenvalue weighted by Crippen LogP contribution is 2.36. The van der Waals surface area contributed by atoms with Crippen LogP contribution < -0.4 is 5.32 Å². The Labute approximate surface area is 201 Å². The van der Waals surface area contributed by atoms with Crippen molar-refractivity contribution in [2.75, 3.05) is 5.75 Å². The number of oxazole rings is 1. The van der Waals surface area contributed by atoms with Crippen molar-refractivity contribution < 1.29 is 17.6 Å². The smallest absolute Gasteiger partial charge is 0.238 e. The summed E-state index contributed by atoms with van der Waals surface area (Å²) in [6.07, 6.45) is 0. The second-order valence-corrected chi connectivity index (χ2v) is 11.2. The third-order valence-corrected chi connectivity index (χ3v) is 8.51. The van der Waals surface area contributed by atoms with Crippen molar-refractivity contribution in [2.45, 2.75) is 34.9 Å². The largest absolute Gasteiger partial charge is 0.428 e. The maximum Gasteiger partial charge on any atom is 0.238 e. The van der Waals surface area contributed by atoms with E-state index in [-0.39, 0.29) is 38.6 Å². The van der Waals surface area contributed by atoms with Gasteiger partial charge in [-0.3, -0.25) is 4.79 Å². The van der Waals surface area contributed by atoms with Crippen molar-refractivity contribution in [1.29, 1.82) is 0 Å². The Morgan fingerprint density at radius 1 is 1.09 bits per heavy atom. The fourth-order valence-electron chi connectivity index (χ4n) is 3.13. The lowest BCUT2D eigenvalue weighted by Crippen LogP contribution is -2.28. The van der Waals surface area contributed by atoms with Crippen LogP contribution in [-0.2, 0) is 14.6 Å². The normalized spacial score (nSPS) is 12.4. The van der Waals surface area contributed by atoms with Crippen LogP contribution in [0.4, 0.5) is 0 Å². The predicted octanol–water partition coefficient (Wildman–Crippen LogP) is 5.51.